The van der Waals surface area contributed by atoms with Crippen LogP contribution in [0.5, 0.6) is 11.5 Å². The SMILES string of the molecule is CCn1nc(C)cc1C(=O)Nc1nc2cc(CN=[N+]=[N-])cc(OC)c2n1C/C=C/Cn1c(NC(=O)c2cc(C)nn2CC)nc2cc(C(N)=O)cc(OCCCN3CCOCC3)c21. The van der Waals surface area contributed by atoms with Gasteiger partial charge >= 0.3 is 0 Å². The zero-order valence-corrected chi connectivity index (χ0v) is 36.0. The van der Waals surface area contributed by atoms with Gasteiger partial charge in [0.2, 0.25) is 17.8 Å². The summed E-state index contributed by atoms with van der Waals surface area (Å²) in [6.45, 7) is 13.1. The van der Waals surface area contributed by atoms with Crippen LogP contribution in [0.3, 0.4) is 0 Å². The van der Waals surface area contributed by atoms with E-state index in [9.17, 15) is 14.4 Å². The number of azide groups is 1. The molecule has 330 valence electrons. The minimum absolute atomic E-state index is 0.0743. The summed E-state index contributed by atoms with van der Waals surface area (Å²) >= 11 is 0. The Labute approximate surface area is 362 Å². The summed E-state index contributed by atoms with van der Waals surface area (Å²) in [4.78, 5) is 54.9. The summed E-state index contributed by atoms with van der Waals surface area (Å²) in [5, 5.41) is 18.5. The molecule has 21 heteroatoms. The number of amides is 3. The standard InChI is InChI=1S/C42H51N15O6/c1-6-56-32(19-26(3)50-56)39(59)48-41-46-30-21-28(25-45-52-44)22-34(61-5)36(30)54(41)12-8-9-13-55-37-31(47-42(55)49-40(60)33-20-27(4)51-57(33)7-2)23-29(38(43)58)24-35(37)63-16-10-11-53-14-17-62-18-15-53/h8-9,19-24H,6-7,10-18,25H2,1-5H3,(H2,43,58)(H,46,48,59)(H,47,49,60)/b9-8+. The monoisotopic (exact) mass is 861 g/mol. The van der Waals surface area contributed by atoms with Crippen LogP contribution in [-0.4, -0.2) is 108 Å². The average molecular weight is 862 g/mol. The van der Waals surface area contributed by atoms with Crippen LogP contribution >= 0.6 is 0 Å². The van der Waals surface area contributed by atoms with E-state index in [2.05, 4.69) is 35.8 Å². The molecule has 3 amide bonds. The van der Waals surface area contributed by atoms with Crippen molar-refractivity contribution < 1.29 is 28.6 Å². The molecule has 21 nitrogen and oxygen atoms in total. The number of nitrogens with zero attached hydrogens (tertiary/aromatic N) is 12. The van der Waals surface area contributed by atoms with E-state index in [1.807, 2.05) is 44.4 Å². The molecule has 63 heavy (non-hydrogen) atoms. The van der Waals surface area contributed by atoms with Crippen molar-refractivity contribution in [3.05, 3.63) is 92.9 Å². The highest BCUT2D eigenvalue weighted by atomic mass is 16.5. The number of morpholine rings is 1. The average Bonchev–Trinajstić information content (AvgIpc) is 4.05. The molecule has 0 bridgehead atoms. The Morgan fingerprint density at radius 2 is 1.43 bits per heavy atom. The second kappa shape index (κ2) is 19.7. The topological polar surface area (TPSA) is 252 Å². The minimum atomic E-state index is -0.650. The summed E-state index contributed by atoms with van der Waals surface area (Å²) in [5.41, 5.74) is 19.8. The van der Waals surface area contributed by atoms with E-state index in [0.29, 0.717) is 94.8 Å². The van der Waals surface area contributed by atoms with Crippen molar-refractivity contribution >= 4 is 51.7 Å². The quantitative estimate of drug-likeness (QED) is 0.0313. The van der Waals surface area contributed by atoms with E-state index in [0.717, 1.165) is 26.1 Å². The number of hydrogen-bond donors (Lipinski definition) is 3. The van der Waals surface area contributed by atoms with Crippen molar-refractivity contribution in [3.63, 3.8) is 0 Å². The number of fused-ring (bicyclic) bond motifs is 2. The number of rotatable bonds is 19. The van der Waals surface area contributed by atoms with E-state index in [1.165, 1.54) is 7.11 Å². The van der Waals surface area contributed by atoms with Gasteiger partial charge in [-0.3, -0.25) is 39.3 Å². The minimum Gasteiger partial charge on any atom is -0.494 e. The maximum absolute atomic E-state index is 13.8. The van der Waals surface area contributed by atoms with Crippen LogP contribution in [0.25, 0.3) is 32.5 Å². The summed E-state index contributed by atoms with van der Waals surface area (Å²) in [6.07, 6.45) is 4.49. The van der Waals surface area contributed by atoms with Gasteiger partial charge in [-0.2, -0.15) is 10.2 Å². The van der Waals surface area contributed by atoms with Crippen LogP contribution in [0.2, 0.25) is 0 Å². The van der Waals surface area contributed by atoms with E-state index < -0.39 is 17.7 Å². The van der Waals surface area contributed by atoms with Crippen LogP contribution in [0.15, 0.2) is 53.7 Å². The number of imidazole rings is 2. The van der Waals surface area contributed by atoms with Crippen molar-refractivity contribution in [1.29, 1.82) is 0 Å². The molecule has 1 aliphatic rings. The molecule has 2 aromatic carbocycles. The smallest absolute Gasteiger partial charge is 0.276 e. The van der Waals surface area contributed by atoms with Crippen molar-refractivity contribution in [2.45, 2.75) is 66.8 Å². The highest BCUT2D eigenvalue weighted by Crippen LogP contribution is 2.33. The molecule has 5 heterocycles. The van der Waals surface area contributed by atoms with Crippen molar-refractivity contribution in [2.75, 3.05) is 57.2 Å². The molecule has 4 N–H and O–H groups in total. The van der Waals surface area contributed by atoms with E-state index in [-0.39, 0.29) is 37.1 Å². The van der Waals surface area contributed by atoms with Crippen LogP contribution < -0.4 is 25.8 Å². The number of benzene rings is 2. The molecule has 1 aliphatic heterocycles. The fourth-order valence-corrected chi connectivity index (χ4v) is 7.60. The van der Waals surface area contributed by atoms with E-state index >= 15 is 0 Å². The molecule has 0 atom stereocenters. The largest absolute Gasteiger partial charge is 0.494 e. The van der Waals surface area contributed by atoms with Crippen LogP contribution in [0.1, 0.15) is 68.6 Å². The fourth-order valence-electron chi connectivity index (χ4n) is 7.60. The number of primary amides is 1. The van der Waals surface area contributed by atoms with Gasteiger partial charge in [-0.15, -0.1) is 0 Å². The number of carbonyl (C=O) groups excluding carboxylic acids is 3. The maximum Gasteiger partial charge on any atom is 0.276 e. The molecule has 4 aromatic heterocycles. The van der Waals surface area contributed by atoms with Gasteiger partial charge in [-0.25, -0.2) is 9.97 Å². The van der Waals surface area contributed by atoms with Gasteiger partial charge in [0.05, 0.1) is 55.9 Å². The Balaban J connectivity index is 1.25. The Hall–Kier alpha value is -7.22. The predicted molar refractivity (Wildman–Crippen MR) is 235 cm³/mol. The molecule has 0 saturated carbocycles. The van der Waals surface area contributed by atoms with Gasteiger partial charge in [-0.1, -0.05) is 17.3 Å². The van der Waals surface area contributed by atoms with Gasteiger partial charge in [0, 0.05) is 56.3 Å². The molecule has 6 aromatic rings. The van der Waals surface area contributed by atoms with Gasteiger partial charge in [-0.05, 0) is 81.6 Å². The number of aryl methyl sites for hydroxylation is 4. The molecule has 0 spiro atoms. The first-order chi connectivity index (χ1) is 30.5. The van der Waals surface area contributed by atoms with Crippen molar-refractivity contribution in [2.24, 2.45) is 10.8 Å². The van der Waals surface area contributed by atoms with Crippen LogP contribution in [0, 0.1) is 13.8 Å². The van der Waals surface area contributed by atoms with Crippen molar-refractivity contribution in [1.82, 2.24) is 43.6 Å². The summed E-state index contributed by atoms with van der Waals surface area (Å²) in [7, 11) is 1.53. The third-order valence-corrected chi connectivity index (χ3v) is 10.5. The lowest BCUT2D eigenvalue weighted by molar-refractivity contribution is 0.0358. The normalized spacial score (nSPS) is 13.2. The fraction of sp³-hybridized carbons (Fsp3) is 0.405. The number of hydrogen-bond acceptors (Lipinski definition) is 12. The van der Waals surface area contributed by atoms with Gasteiger partial charge < -0.3 is 29.1 Å². The van der Waals surface area contributed by atoms with Gasteiger partial charge in [0.15, 0.2) is 0 Å². The molecular weight excluding hydrogens is 811 g/mol. The second-order valence-electron chi connectivity index (χ2n) is 14.9. The predicted octanol–water partition coefficient (Wildman–Crippen LogP) is 5.22. The van der Waals surface area contributed by atoms with Crippen LogP contribution in [0.4, 0.5) is 11.9 Å². The number of methoxy groups -OCH3 is 1. The van der Waals surface area contributed by atoms with Crippen LogP contribution in [-0.2, 0) is 37.5 Å². The molecule has 0 unspecified atom stereocenters. The second-order valence-corrected chi connectivity index (χ2v) is 14.9. The van der Waals surface area contributed by atoms with Gasteiger partial charge in [0.25, 0.3) is 11.8 Å². The molecule has 7 rings (SSSR count). The number of anilines is 2. The highest BCUT2D eigenvalue weighted by Gasteiger charge is 2.23. The lowest BCUT2D eigenvalue weighted by atomic mass is 10.1. The molecule has 0 aliphatic carbocycles. The number of nitrogens with two attached hydrogens (primary N) is 1. The third kappa shape index (κ3) is 9.80. The first-order valence-corrected chi connectivity index (χ1v) is 20.7. The number of carbonyl (C=O) groups is 3. The number of ether oxygens (including phenoxy) is 3. The summed E-state index contributed by atoms with van der Waals surface area (Å²) < 4.78 is 24.5. The lowest BCUT2D eigenvalue weighted by Crippen LogP contribution is -2.37. The number of allylic oxidation sites excluding steroid dienone is 2. The zero-order valence-electron chi connectivity index (χ0n) is 36.0. The highest BCUT2D eigenvalue weighted by molar-refractivity contribution is 6.05. The maximum atomic E-state index is 13.8. The Bertz CT molecular complexity index is 2730. The summed E-state index contributed by atoms with van der Waals surface area (Å²) in [5.74, 6) is -0.175. The first-order valence-electron chi connectivity index (χ1n) is 20.7. The Morgan fingerprint density at radius 1 is 0.857 bits per heavy atom. The molecule has 1 fully saturated rings. The number of aromatic nitrogens is 8. The number of nitrogens with one attached hydrogen (secondary N) is 2. The Kier molecular flexibility index (Phi) is 13.7. The van der Waals surface area contributed by atoms with Gasteiger partial charge in [0.1, 0.15) is 33.9 Å². The zero-order chi connectivity index (χ0) is 44.6. The molecule has 0 radical (unpaired) electrons. The molecule has 1 saturated heterocycles. The van der Waals surface area contributed by atoms with Crippen molar-refractivity contribution in [3.8, 4) is 11.5 Å². The summed E-state index contributed by atoms with van der Waals surface area (Å²) in [6, 6.07) is 10.1. The lowest BCUT2D eigenvalue weighted by Gasteiger charge is -2.26. The Morgan fingerprint density at radius 3 is 1.97 bits per heavy atom. The third-order valence-electron chi connectivity index (χ3n) is 10.5. The molecular formula is C42H51N15O6. The first kappa shape index (κ1) is 43.9. The van der Waals surface area contributed by atoms with E-state index in [1.54, 1.807) is 50.3 Å². The van der Waals surface area contributed by atoms with E-state index in [4.69, 9.17) is 35.4 Å².